The van der Waals surface area contributed by atoms with Crippen LogP contribution in [0.3, 0.4) is 0 Å². The van der Waals surface area contributed by atoms with Crippen LogP contribution in [0.25, 0.3) is 0 Å². The highest BCUT2D eigenvalue weighted by Gasteiger charge is 2.38. The van der Waals surface area contributed by atoms with Gasteiger partial charge >= 0.3 is 5.97 Å². The van der Waals surface area contributed by atoms with E-state index < -0.39 is 17.6 Å². The maximum Gasteiger partial charge on any atom is 0.328 e. The van der Waals surface area contributed by atoms with Gasteiger partial charge in [-0.15, -0.1) is 0 Å². The molecule has 1 aromatic rings. The van der Waals surface area contributed by atoms with E-state index >= 15 is 0 Å². The van der Waals surface area contributed by atoms with Crippen LogP contribution in [-0.4, -0.2) is 37.7 Å². The largest absolute Gasteiger partial charge is 0.497 e. The molecule has 1 amide bonds. The number of carbonyl (C=O) groups excluding carboxylic acids is 2. The number of hydrogen-bond donors (Lipinski definition) is 2. The Morgan fingerprint density at radius 2 is 1.83 bits per heavy atom. The Bertz CT molecular complexity index is 550. The summed E-state index contributed by atoms with van der Waals surface area (Å²) in [5.41, 5.74) is 6.18. The molecule has 1 aromatic carbocycles. The van der Waals surface area contributed by atoms with E-state index in [1.165, 1.54) is 7.11 Å². The Labute approximate surface area is 136 Å². The summed E-state index contributed by atoms with van der Waals surface area (Å²) < 4.78 is 9.92. The van der Waals surface area contributed by atoms with Gasteiger partial charge in [0.05, 0.1) is 19.8 Å². The zero-order chi connectivity index (χ0) is 16.9. The van der Waals surface area contributed by atoms with Crippen LogP contribution < -0.4 is 15.8 Å². The molecular formula is C17H24N2O4. The summed E-state index contributed by atoms with van der Waals surface area (Å²) in [6.45, 7) is 0. The zero-order valence-electron chi connectivity index (χ0n) is 13.6. The number of nitrogens with two attached hydrogens (primary N) is 1. The molecule has 1 fully saturated rings. The minimum Gasteiger partial charge on any atom is -0.497 e. The number of rotatable bonds is 6. The normalized spacial score (nSPS) is 17.3. The number of amides is 1. The van der Waals surface area contributed by atoms with Crippen molar-refractivity contribution in [2.24, 2.45) is 5.73 Å². The molecule has 3 N–H and O–H groups in total. The van der Waals surface area contributed by atoms with E-state index in [0.717, 1.165) is 24.2 Å². The van der Waals surface area contributed by atoms with Gasteiger partial charge in [0.1, 0.15) is 11.8 Å². The zero-order valence-corrected chi connectivity index (χ0v) is 13.6. The Balaban J connectivity index is 2.07. The molecule has 6 nitrogen and oxygen atoms in total. The van der Waals surface area contributed by atoms with E-state index in [9.17, 15) is 9.59 Å². The topological polar surface area (TPSA) is 90.6 Å². The lowest BCUT2D eigenvalue weighted by atomic mass is 9.96. The van der Waals surface area contributed by atoms with Crippen LogP contribution in [0.4, 0.5) is 0 Å². The van der Waals surface area contributed by atoms with Gasteiger partial charge < -0.3 is 20.5 Å². The van der Waals surface area contributed by atoms with E-state index in [-0.39, 0.29) is 5.91 Å². The van der Waals surface area contributed by atoms with Crippen LogP contribution in [0, 0.1) is 0 Å². The van der Waals surface area contributed by atoms with Crippen molar-refractivity contribution in [2.75, 3.05) is 14.2 Å². The first-order valence-electron chi connectivity index (χ1n) is 7.79. The Morgan fingerprint density at radius 1 is 1.22 bits per heavy atom. The molecule has 1 saturated carbocycles. The summed E-state index contributed by atoms with van der Waals surface area (Å²) in [6, 6.07) is 6.59. The number of methoxy groups -OCH3 is 2. The second-order valence-corrected chi connectivity index (χ2v) is 5.96. The number of benzene rings is 1. The first kappa shape index (κ1) is 17.3. The van der Waals surface area contributed by atoms with Crippen LogP contribution in [0.5, 0.6) is 5.75 Å². The summed E-state index contributed by atoms with van der Waals surface area (Å²) in [5, 5.41) is 2.76. The number of hydrogen-bond acceptors (Lipinski definition) is 5. The smallest absolute Gasteiger partial charge is 0.328 e. The SMILES string of the molecule is COC(=O)[C@H](Cc1ccc(OC)cc1)NC(=O)C1(N)CCCC1. The van der Waals surface area contributed by atoms with Gasteiger partial charge in [-0.25, -0.2) is 4.79 Å². The summed E-state index contributed by atoms with van der Waals surface area (Å²) in [5.74, 6) is -0.0195. The lowest BCUT2D eigenvalue weighted by Crippen LogP contribution is -2.56. The second kappa shape index (κ2) is 7.46. The highest BCUT2D eigenvalue weighted by atomic mass is 16.5. The third-order valence-electron chi connectivity index (χ3n) is 4.34. The Hall–Kier alpha value is -2.08. The highest BCUT2D eigenvalue weighted by molar-refractivity contribution is 5.90. The average molecular weight is 320 g/mol. The molecule has 1 aliphatic carbocycles. The third-order valence-corrected chi connectivity index (χ3v) is 4.34. The van der Waals surface area contributed by atoms with E-state index in [4.69, 9.17) is 15.2 Å². The molecular weight excluding hydrogens is 296 g/mol. The van der Waals surface area contributed by atoms with E-state index in [2.05, 4.69) is 5.32 Å². The van der Waals surface area contributed by atoms with Gasteiger partial charge in [0, 0.05) is 6.42 Å². The standard InChI is InChI=1S/C17H24N2O4/c1-22-13-7-5-12(6-8-13)11-14(15(20)23-2)19-16(21)17(18)9-3-4-10-17/h5-8,14H,3-4,9-11,18H2,1-2H3,(H,19,21)/t14-/m0/s1. The van der Waals surface area contributed by atoms with Crippen molar-refractivity contribution in [3.05, 3.63) is 29.8 Å². The van der Waals surface area contributed by atoms with Crippen LogP contribution >= 0.6 is 0 Å². The highest BCUT2D eigenvalue weighted by Crippen LogP contribution is 2.27. The van der Waals surface area contributed by atoms with Crippen molar-refractivity contribution in [3.63, 3.8) is 0 Å². The monoisotopic (exact) mass is 320 g/mol. The van der Waals surface area contributed by atoms with Gasteiger partial charge in [0.2, 0.25) is 5.91 Å². The molecule has 126 valence electrons. The number of esters is 1. The van der Waals surface area contributed by atoms with Crippen molar-refractivity contribution in [3.8, 4) is 5.75 Å². The van der Waals surface area contributed by atoms with Gasteiger partial charge in [0.25, 0.3) is 0 Å². The number of nitrogens with one attached hydrogen (secondary N) is 1. The van der Waals surface area contributed by atoms with Gasteiger partial charge in [0.15, 0.2) is 0 Å². The molecule has 0 spiro atoms. The van der Waals surface area contributed by atoms with E-state index in [0.29, 0.717) is 19.3 Å². The van der Waals surface area contributed by atoms with E-state index in [1.807, 2.05) is 24.3 Å². The molecule has 0 aliphatic heterocycles. The maximum absolute atomic E-state index is 12.4. The Morgan fingerprint density at radius 3 is 2.35 bits per heavy atom. The van der Waals surface area contributed by atoms with Gasteiger partial charge in [-0.2, -0.15) is 0 Å². The van der Waals surface area contributed by atoms with Gasteiger partial charge in [-0.3, -0.25) is 4.79 Å². The second-order valence-electron chi connectivity index (χ2n) is 5.96. The lowest BCUT2D eigenvalue weighted by Gasteiger charge is -2.25. The molecule has 0 unspecified atom stereocenters. The lowest BCUT2D eigenvalue weighted by molar-refractivity contribution is -0.145. The number of ether oxygens (including phenoxy) is 2. The molecule has 6 heteroatoms. The Kier molecular flexibility index (Phi) is 5.60. The van der Waals surface area contributed by atoms with Crippen LogP contribution in [0.2, 0.25) is 0 Å². The summed E-state index contributed by atoms with van der Waals surface area (Å²) in [7, 11) is 2.90. The first-order valence-corrected chi connectivity index (χ1v) is 7.79. The van der Waals surface area contributed by atoms with Crippen LogP contribution in [0.1, 0.15) is 31.2 Å². The maximum atomic E-state index is 12.4. The fraction of sp³-hybridized carbons (Fsp3) is 0.529. The van der Waals surface area contributed by atoms with Crippen LogP contribution in [0.15, 0.2) is 24.3 Å². The summed E-state index contributed by atoms with van der Waals surface area (Å²) in [4.78, 5) is 24.4. The molecule has 0 radical (unpaired) electrons. The average Bonchev–Trinajstić information content (AvgIpc) is 3.02. The third kappa shape index (κ3) is 4.22. The van der Waals surface area contributed by atoms with E-state index in [1.54, 1.807) is 7.11 Å². The van der Waals surface area contributed by atoms with Crippen molar-refractivity contribution in [1.82, 2.24) is 5.32 Å². The van der Waals surface area contributed by atoms with Gasteiger partial charge in [-0.05, 0) is 30.5 Å². The fourth-order valence-corrected chi connectivity index (χ4v) is 2.87. The molecule has 1 aliphatic rings. The first-order chi connectivity index (χ1) is 11.0. The summed E-state index contributed by atoms with van der Waals surface area (Å²) >= 11 is 0. The molecule has 0 bridgehead atoms. The molecule has 1 atom stereocenters. The van der Waals surface area contributed by atoms with Crippen LogP contribution in [-0.2, 0) is 20.7 Å². The van der Waals surface area contributed by atoms with Crippen molar-refractivity contribution < 1.29 is 19.1 Å². The predicted molar refractivity (Wildman–Crippen MR) is 86.0 cm³/mol. The fourth-order valence-electron chi connectivity index (χ4n) is 2.87. The molecule has 0 heterocycles. The minimum atomic E-state index is -0.869. The van der Waals surface area contributed by atoms with Crippen molar-refractivity contribution >= 4 is 11.9 Å². The molecule has 2 rings (SSSR count). The predicted octanol–water partition coefficient (Wildman–Crippen LogP) is 1.17. The molecule has 23 heavy (non-hydrogen) atoms. The van der Waals surface area contributed by atoms with Crippen molar-refractivity contribution in [2.45, 2.75) is 43.7 Å². The molecule has 0 aromatic heterocycles. The minimum absolute atomic E-state index is 0.279. The van der Waals surface area contributed by atoms with Gasteiger partial charge in [-0.1, -0.05) is 25.0 Å². The molecule has 0 saturated heterocycles. The number of carbonyl (C=O) groups is 2. The quantitative estimate of drug-likeness (QED) is 0.768. The summed E-state index contributed by atoms with van der Waals surface area (Å²) in [6.07, 6.45) is 3.51. The van der Waals surface area contributed by atoms with Crippen molar-refractivity contribution in [1.29, 1.82) is 0 Å².